The molecule has 0 spiro atoms. The van der Waals surface area contributed by atoms with Gasteiger partial charge in [0.15, 0.2) is 11.5 Å². The number of rotatable bonds is 7. The van der Waals surface area contributed by atoms with Crippen LogP contribution in [0.1, 0.15) is 19.4 Å². The van der Waals surface area contributed by atoms with Crippen molar-refractivity contribution >= 4 is 18.0 Å². The number of amides is 1. The van der Waals surface area contributed by atoms with Crippen molar-refractivity contribution in [1.29, 1.82) is 0 Å². The Hall–Kier alpha value is -3.46. The molecule has 6 nitrogen and oxygen atoms in total. The van der Waals surface area contributed by atoms with Gasteiger partial charge in [-0.05, 0) is 42.7 Å². The quantitative estimate of drug-likeness (QED) is 0.560. The molecule has 0 heterocycles. The van der Waals surface area contributed by atoms with Gasteiger partial charge in [0.05, 0.1) is 7.11 Å². The van der Waals surface area contributed by atoms with E-state index in [1.165, 1.54) is 13.2 Å². The summed E-state index contributed by atoms with van der Waals surface area (Å²) in [6, 6.07) is 5.26. The highest BCUT2D eigenvalue weighted by atomic mass is 16.5. The van der Waals surface area contributed by atoms with Crippen LogP contribution in [0.5, 0.6) is 11.5 Å². The Bertz CT molecular complexity index is 886. The first-order chi connectivity index (χ1) is 13.5. The molecule has 2 rings (SSSR count). The number of ether oxygens (including phenoxy) is 2. The minimum atomic E-state index is -0.972. The Morgan fingerprint density at radius 1 is 1.32 bits per heavy atom. The molecule has 2 N–H and O–H groups in total. The fourth-order valence-electron chi connectivity index (χ4n) is 2.76. The molecule has 28 heavy (non-hydrogen) atoms. The first kappa shape index (κ1) is 20.8. The lowest BCUT2D eigenvalue weighted by Gasteiger charge is -2.23. The van der Waals surface area contributed by atoms with Crippen LogP contribution >= 0.6 is 0 Å². The van der Waals surface area contributed by atoms with Gasteiger partial charge in [-0.2, -0.15) is 0 Å². The predicted octanol–water partition coefficient (Wildman–Crippen LogP) is 3.02. The molecule has 0 saturated heterocycles. The highest BCUT2D eigenvalue weighted by Crippen LogP contribution is 2.28. The van der Waals surface area contributed by atoms with E-state index >= 15 is 0 Å². The van der Waals surface area contributed by atoms with Crippen molar-refractivity contribution in [3.63, 3.8) is 0 Å². The van der Waals surface area contributed by atoms with Crippen molar-refractivity contribution < 1.29 is 24.2 Å². The minimum absolute atomic E-state index is 0.198. The summed E-state index contributed by atoms with van der Waals surface area (Å²) in [5, 5.41) is 12.0. The van der Waals surface area contributed by atoms with E-state index in [0.29, 0.717) is 17.2 Å². The number of aliphatic carboxylic acids is 1. The molecule has 0 saturated carbocycles. The number of carbonyl (C=O) groups excluding carboxylic acids is 1. The molecule has 2 atom stereocenters. The third kappa shape index (κ3) is 5.52. The van der Waals surface area contributed by atoms with Crippen LogP contribution in [0.15, 0.2) is 48.2 Å². The fourth-order valence-corrected chi connectivity index (χ4v) is 2.76. The molecule has 146 valence electrons. The van der Waals surface area contributed by atoms with Gasteiger partial charge in [0.2, 0.25) is 5.91 Å². The summed E-state index contributed by atoms with van der Waals surface area (Å²) in [5.74, 6) is 4.30. The molecule has 1 aliphatic carbocycles. The Kier molecular flexibility index (Phi) is 7.46. The third-order valence-electron chi connectivity index (χ3n) is 4.18. The van der Waals surface area contributed by atoms with Crippen LogP contribution in [0.4, 0.5) is 0 Å². The van der Waals surface area contributed by atoms with Gasteiger partial charge in [-0.1, -0.05) is 31.1 Å². The third-order valence-corrected chi connectivity index (χ3v) is 4.18. The second kappa shape index (κ2) is 10.0. The lowest BCUT2D eigenvalue weighted by atomic mass is 9.87. The number of allylic oxidation sites excluding steroid dienone is 3. The van der Waals surface area contributed by atoms with E-state index in [4.69, 9.17) is 9.47 Å². The van der Waals surface area contributed by atoms with Gasteiger partial charge in [0, 0.05) is 11.8 Å². The number of hydrogen-bond acceptors (Lipinski definition) is 4. The van der Waals surface area contributed by atoms with E-state index in [9.17, 15) is 14.7 Å². The zero-order valence-electron chi connectivity index (χ0n) is 16.1. The Morgan fingerprint density at radius 2 is 2.11 bits per heavy atom. The van der Waals surface area contributed by atoms with Crippen LogP contribution in [0.2, 0.25) is 0 Å². The second-order valence-corrected chi connectivity index (χ2v) is 6.13. The highest BCUT2D eigenvalue weighted by molar-refractivity contribution is 5.93. The molecule has 2 unspecified atom stereocenters. The molecule has 0 radical (unpaired) electrons. The number of benzene rings is 1. The molecule has 0 fully saturated rings. The summed E-state index contributed by atoms with van der Waals surface area (Å²) in [5.41, 5.74) is 1.11. The van der Waals surface area contributed by atoms with E-state index in [1.54, 1.807) is 56.4 Å². The predicted molar refractivity (Wildman–Crippen MR) is 107 cm³/mol. The maximum absolute atomic E-state index is 12.2. The van der Waals surface area contributed by atoms with Gasteiger partial charge in [-0.25, -0.2) is 0 Å². The summed E-state index contributed by atoms with van der Waals surface area (Å²) in [7, 11) is 1.53. The lowest BCUT2D eigenvalue weighted by molar-refractivity contribution is -0.141. The van der Waals surface area contributed by atoms with Crippen molar-refractivity contribution in [3.8, 4) is 23.3 Å². The standard InChI is InChI=1S/C22H23NO5/c1-4-5-13-28-18-11-9-16(14-19(18)27-3)10-12-20(24)23-17-8-6-7-15(2)21(17)22(25)26/h6-12,14-15,21H,13H2,1-3H3,(H,23,24)(H,25,26)/b12-10+. The summed E-state index contributed by atoms with van der Waals surface area (Å²) in [4.78, 5) is 23.7. The first-order valence-corrected chi connectivity index (χ1v) is 8.77. The minimum Gasteiger partial charge on any atom is -0.493 e. The topological polar surface area (TPSA) is 84.9 Å². The molecule has 0 aliphatic heterocycles. The summed E-state index contributed by atoms with van der Waals surface area (Å²) < 4.78 is 10.8. The van der Waals surface area contributed by atoms with E-state index in [0.717, 1.165) is 5.56 Å². The van der Waals surface area contributed by atoms with Crippen molar-refractivity contribution in [2.45, 2.75) is 13.8 Å². The lowest BCUT2D eigenvalue weighted by Crippen LogP contribution is -2.34. The summed E-state index contributed by atoms with van der Waals surface area (Å²) in [6.07, 6.45) is 8.12. The monoisotopic (exact) mass is 381 g/mol. The zero-order valence-corrected chi connectivity index (χ0v) is 16.1. The number of methoxy groups -OCH3 is 1. The van der Waals surface area contributed by atoms with Gasteiger partial charge < -0.3 is 19.9 Å². The normalized spacial score (nSPS) is 18.0. The molecule has 0 aromatic heterocycles. The fraction of sp³-hybridized carbons (Fsp3) is 0.273. The Labute approximate surface area is 164 Å². The van der Waals surface area contributed by atoms with Crippen LogP contribution in [0.25, 0.3) is 6.08 Å². The Morgan fingerprint density at radius 3 is 2.79 bits per heavy atom. The Balaban J connectivity index is 2.07. The highest BCUT2D eigenvalue weighted by Gasteiger charge is 2.29. The molecular weight excluding hydrogens is 358 g/mol. The zero-order chi connectivity index (χ0) is 20.5. The molecule has 1 aliphatic rings. The van der Waals surface area contributed by atoms with Gasteiger partial charge >= 0.3 is 5.97 Å². The largest absolute Gasteiger partial charge is 0.493 e. The number of carboxylic acids is 1. The maximum atomic E-state index is 12.2. The summed E-state index contributed by atoms with van der Waals surface area (Å²) >= 11 is 0. The average molecular weight is 381 g/mol. The maximum Gasteiger partial charge on any atom is 0.313 e. The van der Waals surface area contributed by atoms with Crippen LogP contribution < -0.4 is 14.8 Å². The van der Waals surface area contributed by atoms with E-state index in [1.807, 2.05) is 0 Å². The van der Waals surface area contributed by atoms with Crippen LogP contribution in [-0.2, 0) is 9.59 Å². The van der Waals surface area contributed by atoms with Gasteiger partial charge in [0.1, 0.15) is 12.5 Å². The second-order valence-electron chi connectivity index (χ2n) is 6.13. The molecule has 0 bridgehead atoms. The molecule has 1 aromatic rings. The van der Waals surface area contributed by atoms with Gasteiger partial charge in [-0.15, -0.1) is 5.92 Å². The number of carboxylic acid groups (broad SMARTS) is 1. The number of carbonyl (C=O) groups is 2. The van der Waals surface area contributed by atoms with Crippen LogP contribution in [0.3, 0.4) is 0 Å². The van der Waals surface area contributed by atoms with Crippen molar-refractivity contribution in [2.75, 3.05) is 13.7 Å². The van der Waals surface area contributed by atoms with Gasteiger partial charge in [0.25, 0.3) is 0 Å². The average Bonchev–Trinajstić information content (AvgIpc) is 2.67. The first-order valence-electron chi connectivity index (χ1n) is 8.77. The molecule has 1 amide bonds. The summed E-state index contributed by atoms with van der Waals surface area (Å²) in [6.45, 7) is 3.79. The molecule has 6 heteroatoms. The van der Waals surface area contributed by atoms with E-state index in [2.05, 4.69) is 17.2 Å². The van der Waals surface area contributed by atoms with Crippen molar-refractivity contribution in [1.82, 2.24) is 5.32 Å². The van der Waals surface area contributed by atoms with Crippen LogP contribution in [0, 0.1) is 23.7 Å². The van der Waals surface area contributed by atoms with Crippen molar-refractivity contribution in [2.24, 2.45) is 11.8 Å². The van der Waals surface area contributed by atoms with Crippen LogP contribution in [-0.4, -0.2) is 30.7 Å². The van der Waals surface area contributed by atoms with Gasteiger partial charge in [-0.3, -0.25) is 9.59 Å². The number of nitrogens with one attached hydrogen (secondary N) is 1. The molecule has 1 aromatic carbocycles. The number of hydrogen-bond donors (Lipinski definition) is 2. The molecular formula is C22H23NO5. The van der Waals surface area contributed by atoms with Crippen molar-refractivity contribution in [3.05, 3.63) is 53.8 Å². The smallest absolute Gasteiger partial charge is 0.313 e. The van der Waals surface area contributed by atoms with E-state index < -0.39 is 17.8 Å². The SMILES string of the molecule is CC#CCOc1ccc(/C=C/C(=O)NC2=CC=CC(C)C2C(=O)O)cc1OC. The van der Waals surface area contributed by atoms with E-state index in [-0.39, 0.29) is 12.5 Å².